The van der Waals surface area contributed by atoms with Crippen LogP contribution >= 0.6 is 0 Å². The summed E-state index contributed by atoms with van der Waals surface area (Å²) in [5.74, 6) is 0.427. The number of carbonyl (C=O) groups is 1. The molecule has 1 saturated heterocycles. The molecule has 7 nitrogen and oxygen atoms in total. The standard InChI is InChI=1S/C22H27NO6S/c1-18-7-9-20(10-8-18)28-13-3-6-22(24)29-17-19-4-2-5-21(16-19)30(25,26)23-11-14-27-15-12-23/h2,4-5,7-10,16H,3,6,11-15,17H2,1H3. The van der Waals surface area contributed by atoms with Gasteiger partial charge < -0.3 is 14.2 Å². The van der Waals surface area contributed by atoms with Gasteiger partial charge in [0, 0.05) is 19.5 Å². The molecule has 3 rings (SSSR count). The van der Waals surface area contributed by atoms with Crippen LogP contribution in [0.4, 0.5) is 0 Å². The Kier molecular flexibility index (Phi) is 7.84. The summed E-state index contributed by atoms with van der Waals surface area (Å²) in [4.78, 5) is 12.2. The maximum atomic E-state index is 12.7. The molecule has 0 atom stereocenters. The minimum atomic E-state index is -3.57. The van der Waals surface area contributed by atoms with Crippen molar-refractivity contribution in [3.05, 3.63) is 59.7 Å². The zero-order valence-corrected chi connectivity index (χ0v) is 17.9. The normalized spacial score (nSPS) is 15.0. The minimum absolute atomic E-state index is 0.0319. The van der Waals surface area contributed by atoms with E-state index in [-0.39, 0.29) is 23.9 Å². The lowest BCUT2D eigenvalue weighted by Gasteiger charge is -2.26. The van der Waals surface area contributed by atoms with E-state index in [0.717, 1.165) is 11.3 Å². The van der Waals surface area contributed by atoms with Crippen LogP contribution in [-0.2, 0) is 30.9 Å². The fourth-order valence-electron chi connectivity index (χ4n) is 3.01. The van der Waals surface area contributed by atoms with Crippen LogP contribution < -0.4 is 4.74 Å². The van der Waals surface area contributed by atoms with Crippen molar-refractivity contribution in [3.63, 3.8) is 0 Å². The molecule has 1 fully saturated rings. The molecule has 0 N–H and O–H groups in total. The molecule has 0 radical (unpaired) electrons. The van der Waals surface area contributed by atoms with Gasteiger partial charge in [0.25, 0.3) is 0 Å². The lowest BCUT2D eigenvalue weighted by atomic mass is 10.2. The number of hydrogen-bond acceptors (Lipinski definition) is 6. The molecule has 0 spiro atoms. The van der Waals surface area contributed by atoms with E-state index in [0.29, 0.717) is 44.9 Å². The second kappa shape index (κ2) is 10.6. The lowest BCUT2D eigenvalue weighted by Crippen LogP contribution is -2.40. The summed E-state index contributed by atoms with van der Waals surface area (Å²) in [6, 6.07) is 14.2. The number of aryl methyl sites for hydroxylation is 1. The van der Waals surface area contributed by atoms with E-state index >= 15 is 0 Å². The molecule has 2 aromatic carbocycles. The molecule has 0 aromatic heterocycles. The molecule has 1 aliphatic heterocycles. The SMILES string of the molecule is Cc1ccc(OCCCC(=O)OCc2cccc(S(=O)(=O)N3CCOCC3)c2)cc1. The highest BCUT2D eigenvalue weighted by Crippen LogP contribution is 2.19. The van der Waals surface area contributed by atoms with E-state index < -0.39 is 10.0 Å². The first-order chi connectivity index (χ1) is 14.4. The molecule has 1 aliphatic rings. The predicted molar refractivity (Wildman–Crippen MR) is 112 cm³/mol. The average molecular weight is 434 g/mol. The van der Waals surface area contributed by atoms with Gasteiger partial charge in [-0.2, -0.15) is 4.31 Å². The third kappa shape index (κ3) is 6.29. The number of benzene rings is 2. The first-order valence-corrected chi connectivity index (χ1v) is 11.4. The van der Waals surface area contributed by atoms with E-state index in [1.807, 2.05) is 31.2 Å². The van der Waals surface area contributed by atoms with Crippen LogP contribution in [0, 0.1) is 6.92 Å². The van der Waals surface area contributed by atoms with Crippen LogP contribution in [0.25, 0.3) is 0 Å². The number of esters is 1. The van der Waals surface area contributed by atoms with Gasteiger partial charge in [0.2, 0.25) is 10.0 Å². The van der Waals surface area contributed by atoms with E-state index in [9.17, 15) is 13.2 Å². The molecule has 0 unspecified atom stereocenters. The van der Waals surface area contributed by atoms with Crippen LogP contribution in [-0.4, -0.2) is 51.6 Å². The van der Waals surface area contributed by atoms with Gasteiger partial charge in [-0.05, 0) is 43.2 Å². The van der Waals surface area contributed by atoms with E-state index in [1.54, 1.807) is 24.3 Å². The van der Waals surface area contributed by atoms with Crippen molar-refractivity contribution in [2.75, 3.05) is 32.9 Å². The summed E-state index contributed by atoms with van der Waals surface area (Å²) in [5, 5.41) is 0. The number of hydrogen-bond donors (Lipinski definition) is 0. The van der Waals surface area contributed by atoms with Crippen molar-refractivity contribution in [3.8, 4) is 5.75 Å². The highest BCUT2D eigenvalue weighted by atomic mass is 32.2. The van der Waals surface area contributed by atoms with Gasteiger partial charge in [0.1, 0.15) is 12.4 Å². The molecule has 162 valence electrons. The van der Waals surface area contributed by atoms with Crippen LogP contribution in [0.15, 0.2) is 53.4 Å². The summed E-state index contributed by atoms with van der Waals surface area (Å²) < 4.78 is 43.0. The van der Waals surface area contributed by atoms with Gasteiger partial charge >= 0.3 is 5.97 Å². The Balaban J connectivity index is 1.44. The fraction of sp³-hybridized carbons (Fsp3) is 0.409. The Morgan fingerprint density at radius 1 is 1.10 bits per heavy atom. The van der Waals surface area contributed by atoms with Crippen molar-refractivity contribution in [2.45, 2.75) is 31.3 Å². The second-order valence-electron chi connectivity index (χ2n) is 7.09. The molecule has 8 heteroatoms. The molecular weight excluding hydrogens is 406 g/mol. The largest absolute Gasteiger partial charge is 0.494 e. The lowest BCUT2D eigenvalue weighted by molar-refractivity contribution is -0.145. The second-order valence-corrected chi connectivity index (χ2v) is 9.03. The molecule has 0 aliphatic carbocycles. The quantitative estimate of drug-likeness (QED) is 0.447. The summed E-state index contributed by atoms with van der Waals surface area (Å²) in [5.41, 5.74) is 1.79. The van der Waals surface area contributed by atoms with E-state index in [1.165, 1.54) is 4.31 Å². The van der Waals surface area contributed by atoms with Crippen molar-refractivity contribution in [1.82, 2.24) is 4.31 Å². The molecule has 30 heavy (non-hydrogen) atoms. The topological polar surface area (TPSA) is 82.1 Å². The van der Waals surface area contributed by atoms with Crippen LogP contribution in [0.5, 0.6) is 5.75 Å². The van der Waals surface area contributed by atoms with Crippen molar-refractivity contribution in [1.29, 1.82) is 0 Å². The van der Waals surface area contributed by atoms with Gasteiger partial charge in [-0.3, -0.25) is 4.79 Å². The Bertz CT molecular complexity index is 936. The highest BCUT2D eigenvalue weighted by Gasteiger charge is 2.26. The van der Waals surface area contributed by atoms with E-state index in [4.69, 9.17) is 14.2 Å². The number of rotatable bonds is 9. The number of nitrogens with zero attached hydrogens (tertiary/aromatic N) is 1. The zero-order chi connectivity index (χ0) is 21.4. The highest BCUT2D eigenvalue weighted by molar-refractivity contribution is 7.89. The van der Waals surface area contributed by atoms with E-state index in [2.05, 4.69) is 0 Å². The maximum Gasteiger partial charge on any atom is 0.306 e. The Morgan fingerprint density at radius 2 is 1.83 bits per heavy atom. The molecule has 0 bridgehead atoms. The maximum absolute atomic E-state index is 12.7. The summed E-state index contributed by atoms with van der Waals surface area (Å²) >= 11 is 0. The average Bonchev–Trinajstić information content (AvgIpc) is 2.77. The fourth-order valence-corrected chi connectivity index (χ4v) is 4.49. The molecule has 1 heterocycles. The monoisotopic (exact) mass is 433 g/mol. The minimum Gasteiger partial charge on any atom is -0.494 e. The van der Waals surface area contributed by atoms with Gasteiger partial charge in [0.15, 0.2) is 0 Å². The first kappa shape index (κ1) is 22.3. The number of morpholine rings is 1. The summed E-state index contributed by atoms with van der Waals surface area (Å²) in [7, 11) is -3.57. The number of sulfonamides is 1. The predicted octanol–water partition coefficient (Wildman–Crippen LogP) is 2.92. The zero-order valence-electron chi connectivity index (χ0n) is 17.1. The first-order valence-electron chi connectivity index (χ1n) is 9.97. The Morgan fingerprint density at radius 3 is 2.57 bits per heavy atom. The van der Waals surface area contributed by atoms with Gasteiger partial charge in [-0.1, -0.05) is 29.8 Å². The molecule has 0 amide bonds. The summed E-state index contributed by atoms with van der Waals surface area (Å²) in [6.07, 6.45) is 0.774. The van der Waals surface area contributed by atoms with Gasteiger partial charge in [-0.15, -0.1) is 0 Å². The Labute approximate surface area is 177 Å². The van der Waals surface area contributed by atoms with Crippen molar-refractivity contribution >= 4 is 16.0 Å². The van der Waals surface area contributed by atoms with Crippen molar-refractivity contribution in [2.24, 2.45) is 0 Å². The smallest absolute Gasteiger partial charge is 0.306 e. The molecule has 0 saturated carbocycles. The molecular formula is C22H27NO6S. The van der Waals surface area contributed by atoms with Crippen LogP contribution in [0.2, 0.25) is 0 Å². The van der Waals surface area contributed by atoms with Crippen LogP contribution in [0.3, 0.4) is 0 Å². The van der Waals surface area contributed by atoms with Crippen molar-refractivity contribution < 1.29 is 27.4 Å². The number of carbonyl (C=O) groups excluding carboxylic acids is 1. The Hall–Kier alpha value is -2.42. The number of ether oxygens (including phenoxy) is 3. The van der Waals surface area contributed by atoms with Gasteiger partial charge in [-0.25, -0.2) is 8.42 Å². The van der Waals surface area contributed by atoms with Gasteiger partial charge in [0.05, 0.1) is 24.7 Å². The molecule has 2 aromatic rings. The third-order valence-electron chi connectivity index (χ3n) is 4.72. The third-order valence-corrected chi connectivity index (χ3v) is 6.62. The summed E-state index contributed by atoms with van der Waals surface area (Å²) in [6.45, 7) is 3.93. The van der Waals surface area contributed by atoms with Crippen LogP contribution in [0.1, 0.15) is 24.0 Å².